The molecule has 4 N–H and O–H groups in total. The number of methoxy groups -OCH3 is 2. The second-order valence-corrected chi connectivity index (χ2v) is 19.6. The van der Waals surface area contributed by atoms with Gasteiger partial charge in [0.15, 0.2) is 0 Å². The van der Waals surface area contributed by atoms with Gasteiger partial charge in [-0.3, -0.25) is 9.59 Å². The summed E-state index contributed by atoms with van der Waals surface area (Å²) in [5.41, 5.74) is 11.5. The van der Waals surface area contributed by atoms with E-state index in [4.69, 9.17) is 19.4 Å². The Kier molecular flexibility index (Phi) is 12.0. The van der Waals surface area contributed by atoms with Gasteiger partial charge in [-0.05, 0) is 126 Å². The lowest BCUT2D eigenvalue weighted by atomic mass is 9.81. The van der Waals surface area contributed by atoms with Crippen LogP contribution in [0.25, 0.3) is 44.5 Å². The minimum atomic E-state index is -0.702. The molecule has 3 unspecified atom stereocenters. The van der Waals surface area contributed by atoms with Crippen molar-refractivity contribution in [2.24, 2.45) is 17.8 Å². The van der Waals surface area contributed by atoms with Gasteiger partial charge >= 0.3 is 12.2 Å². The van der Waals surface area contributed by atoms with Gasteiger partial charge in [-0.25, -0.2) is 19.6 Å². The smallest absolute Gasteiger partial charge is 0.407 e. The fourth-order valence-electron chi connectivity index (χ4n) is 11.3. The predicted molar refractivity (Wildman–Crippen MR) is 249 cm³/mol. The third kappa shape index (κ3) is 8.13. The lowest BCUT2D eigenvalue weighted by molar-refractivity contribution is -0.137. The average molecular weight is 883 g/mol. The van der Waals surface area contributed by atoms with Gasteiger partial charge in [0.05, 0.1) is 49.2 Å². The zero-order valence-corrected chi connectivity index (χ0v) is 38.7. The van der Waals surface area contributed by atoms with Crippen molar-refractivity contribution < 1.29 is 28.7 Å². The number of amides is 4. The van der Waals surface area contributed by atoms with Crippen molar-refractivity contribution in [3.63, 3.8) is 0 Å². The van der Waals surface area contributed by atoms with E-state index < -0.39 is 24.3 Å². The second-order valence-electron chi connectivity index (χ2n) is 19.6. The fourth-order valence-corrected chi connectivity index (χ4v) is 11.3. The summed E-state index contributed by atoms with van der Waals surface area (Å²) in [6.45, 7) is 12.5. The summed E-state index contributed by atoms with van der Waals surface area (Å²) in [5, 5.41) is 5.50. The van der Waals surface area contributed by atoms with Crippen molar-refractivity contribution in [3.05, 3.63) is 83.6 Å². The van der Waals surface area contributed by atoms with Crippen LogP contribution in [0.1, 0.15) is 127 Å². The van der Waals surface area contributed by atoms with Crippen LogP contribution in [0.3, 0.4) is 0 Å². The summed E-state index contributed by atoms with van der Waals surface area (Å²) in [6.07, 6.45) is 6.58. The molecule has 2 aliphatic carbocycles. The maximum absolute atomic E-state index is 13.9. The molecule has 2 bridgehead atoms. The van der Waals surface area contributed by atoms with Crippen LogP contribution in [-0.4, -0.2) is 92.6 Å². The molecule has 5 aromatic rings. The lowest BCUT2D eigenvalue weighted by Crippen LogP contribution is -2.52. The highest BCUT2D eigenvalue weighted by molar-refractivity contribution is 5.89. The van der Waals surface area contributed by atoms with E-state index in [9.17, 15) is 19.2 Å². The number of benzene rings is 3. The molecular formula is C51H62N8O6. The first-order chi connectivity index (χ1) is 31.2. The highest BCUT2D eigenvalue weighted by atomic mass is 16.5. The van der Waals surface area contributed by atoms with Crippen LogP contribution in [0.15, 0.2) is 60.8 Å². The molecule has 1 saturated carbocycles. The van der Waals surface area contributed by atoms with Crippen molar-refractivity contribution in [3.8, 4) is 33.5 Å². The van der Waals surface area contributed by atoms with Gasteiger partial charge in [-0.1, -0.05) is 77.1 Å². The molecule has 2 aromatic heterocycles. The van der Waals surface area contributed by atoms with Gasteiger partial charge in [0.2, 0.25) is 11.8 Å². The molecule has 0 spiro atoms. The standard InChI is InChI=1S/C51H62N8O6/c1-26(2)44(56-50(62)64-7)48(60)58-25-28(5)21-41(58)47-53-37-19-16-32(23-38(37)54-47)36-18-17-35(42-33-14-15-34(22-33)43(36)42)30-10-12-31(13-11-30)39-24-52-46(55-39)40-20-9-29(6)59(40)49(61)45(27(3)4)57-51(63)65-8/h10-13,16-19,23-24,26-29,33-34,40-41,44-45H,9,14-15,20-22,25H2,1-8H3,(H,52,55)(H,53,54)(H,56,62)(H,57,63)/t28-,29-,33?,34?,40?,41-,44-,45-/m0/s1. The maximum atomic E-state index is 13.9. The average Bonchev–Trinajstić information content (AvgIpc) is 4.17. The van der Waals surface area contributed by atoms with Crippen LogP contribution in [0, 0.1) is 17.8 Å². The van der Waals surface area contributed by atoms with E-state index >= 15 is 0 Å². The molecule has 4 aliphatic rings. The molecule has 14 heteroatoms. The molecule has 2 saturated heterocycles. The Balaban J connectivity index is 0.960. The third-order valence-electron chi connectivity index (χ3n) is 14.6. The number of nitrogens with zero attached hydrogens (tertiary/aromatic N) is 4. The van der Waals surface area contributed by atoms with Crippen LogP contribution in [-0.2, 0) is 19.1 Å². The normalized spacial score (nSPS) is 23.3. The van der Waals surface area contributed by atoms with Gasteiger partial charge < -0.3 is 39.9 Å². The SMILES string of the molecule is COC(=O)N[C@H](C(=O)N1C[C@@H](C)C[C@H]1c1nc2ccc(-c3ccc(-c4ccc(-c5cnc(C6CC[C@H](C)N6C(=O)[C@@H](NC(=O)OC)C(C)C)[nH]5)cc4)c4c3C3CCC4C3)cc2[nH]1)C(C)C. The minimum Gasteiger partial charge on any atom is -0.453 e. The number of carbonyl (C=O) groups is 4. The monoisotopic (exact) mass is 882 g/mol. The van der Waals surface area contributed by atoms with Gasteiger partial charge in [0.1, 0.15) is 23.7 Å². The molecule has 342 valence electrons. The van der Waals surface area contributed by atoms with Crippen molar-refractivity contribution in [2.75, 3.05) is 20.8 Å². The van der Waals surface area contributed by atoms with E-state index in [0.29, 0.717) is 18.4 Å². The van der Waals surface area contributed by atoms with Gasteiger partial charge in [-0.2, -0.15) is 0 Å². The van der Waals surface area contributed by atoms with Crippen molar-refractivity contribution in [1.29, 1.82) is 0 Å². The number of alkyl carbamates (subject to hydrolysis) is 2. The summed E-state index contributed by atoms with van der Waals surface area (Å²) in [4.78, 5) is 72.9. The zero-order chi connectivity index (χ0) is 45.8. The van der Waals surface area contributed by atoms with E-state index in [1.54, 1.807) is 0 Å². The fraction of sp³-hybridized carbons (Fsp3) is 0.490. The topological polar surface area (TPSA) is 175 Å². The number of hydrogen-bond acceptors (Lipinski definition) is 8. The summed E-state index contributed by atoms with van der Waals surface area (Å²) >= 11 is 0. The Morgan fingerprint density at radius 2 is 1.29 bits per heavy atom. The number of carbonyl (C=O) groups excluding carboxylic acids is 4. The maximum Gasteiger partial charge on any atom is 0.407 e. The molecule has 2 aliphatic heterocycles. The number of hydrogen-bond donors (Lipinski definition) is 4. The van der Waals surface area contributed by atoms with Crippen LogP contribution in [0.5, 0.6) is 0 Å². The van der Waals surface area contributed by atoms with Crippen LogP contribution in [0.4, 0.5) is 9.59 Å². The molecule has 0 radical (unpaired) electrons. The highest BCUT2D eigenvalue weighted by Crippen LogP contribution is 2.58. The Hall–Kier alpha value is -6.18. The molecular weight excluding hydrogens is 821 g/mol. The van der Waals surface area contributed by atoms with Gasteiger partial charge in [0, 0.05) is 12.6 Å². The zero-order valence-electron chi connectivity index (χ0n) is 38.7. The van der Waals surface area contributed by atoms with E-state index in [1.165, 1.54) is 61.3 Å². The van der Waals surface area contributed by atoms with E-state index in [2.05, 4.69) is 82.1 Å². The number of aromatic nitrogens is 4. The van der Waals surface area contributed by atoms with Gasteiger partial charge in [0.25, 0.3) is 0 Å². The molecule has 65 heavy (non-hydrogen) atoms. The largest absolute Gasteiger partial charge is 0.453 e. The van der Waals surface area contributed by atoms with Crippen LogP contribution in [0.2, 0.25) is 0 Å². The molecule has 4 amide bonds. The summed E-state index contributed by atoms with van der Waals surface area (Å²) in [5.74, 6) is 2.35. The quantitative estimate of drug-likeness (QED) is 0.102. The number of imidazole rings is 2. The van der Waals surface area contributed by atoms with E-state index in [0.717, 1.165) is 58.8 Å². The molecule has 4 heterocycles. The Morgan fingerprint density at radius 1 is 0.692 bits per heavy atom. The molecule has 8 atom stereocenters. The minimum absolute atomic E-state index is 0.00383. The van der Waals surface area contributed by atoms with Gasteiger partial charge in [-0.15, -0.1) is 0 Å². The first-order valence-corrected chi connectivity index (χ1v) is 23.4. The summed E-state index contributed by atoms with van der Waals surface area (Å²) in [7, 11) is 2.61. The number of H-pyrrole nitrogens is 2. The summed E-state index contributed by atoms with van der Waals surface area (Å²) < 4.78 is 9.66. The number of fused-ring (bicyclic) bond motifs is 6. The first-order valence-electron chi connectivity index (χ1n) is 23.4. The Bertz CT molecular complexity index is 2620. The summed E-state index contributed by atoms with van der Waals surface area (Å²) in [6, 6.07) is 17.9. The Morgan fingerprint density at radius 3 is 1.92 bits per heavy atom. The van der Waals surface area contributed by atoms with Crippen molar-refractivity contribution >= 4 is 35.0 Å². The highest BCUT2D eigenvalue weighted by Gasteiger charge is 2.43. The second kappa shape index (κ2) is 17.7. The number of ether oxygens (including phenoxy) is 2. The Labute approximate surface area is 380 Å². The molecule has 3 aromatic carbocycles. The lowest BCUT2D eigenvalue weighted by Gasteiger charge is -2.32. The third-order valence-corrected chi connectivity index (χ3v) is 14.6. The van der Waals surface area contributed by atoms with E-state index in [1.807, 2.05) is 50.6 Å². The van der Waals surface area contributed by atoms with Crippen molar-refractivity contribution in [2.45, 2.75) is 122 Å². The number of likely N-dealkylation sites (tertiary alicyclic amines) is 2. The van der Waals surface area contributed by atoms with Crippen molar-refractivity contribution in [1.82, 2.24) is 40.4 Å². The number of nitrogens with one attached hydrogen (secondary N) is 4. The predicted octanol–water partition coefficient (Wildman–Crippen LogP) is 9.37. The molecule has 9 rings (SSSR count). The molecule has 14 nitrogen and oxygen atoms in total. The van der Waals surface area contributed by atoms with Crippen LogP contribution >= 0.6 is 0 Å². The number of aromatic amines is 2. The van der Waals surface area contributed by atoms with E-state index in [-0.39, 0.29) is 47.7 Å². The molecule has 3 fully saturated rings. The number of rotatable bonds is 11. The van der Waals surface area contributed by atoms with Crippen LogP contribution < -0.4 is 10.6 Å². The first kappa shape index (κ1) is 44.0.